The molecular weight excluding hydrogens is 192 g/mol. The van der Waals surface area contributed by atoms with E-state index in [1.165, 1.54) is 0 Å². The minimum absolute atomic E-state index is 0.197. The average molecular weight is 214 g/mol. The van der Waals surface area contributed by atoms with Gasteiger partial charge in [-0.1, -0.05) is 6.92 Å². The molecule has 1 aliphatic rings. The van der Waals surface area contributed by atoms with Gasteiger partial charge in [0.1, 0.15) is 5.60 Å². The van der Waals surface area contributed by atoms with Crippen LogP contribution in [0.5, 0.6) is 0 Å². The second kappa shape index (κ2) is 4.84. The van der Waals surface area contributed by atoms with Gasteiger partial charge in [-0.25, -0.2) is 4.79 Å². The number of nitrogens with zero attached hydrogens (tertiary/aromatic N) is 1. The first kappa shape index (κ1) is 12.3. The maximum Gasteiger partial charge on any atom is 0.410 e. The van der Waals surface area contributed by atoms with Gasteiger partial charge in [-0.05, 0) is 33.7 Å². The Bertz CT molecular complexity index is 217. The van der Waals surface area contributed by atoms with Crippen LogP contribution in [-0.4, -0.2) is 42.3 Å². The van der Waals surface area contributed by atoms with E-state index < -0.39 is 0 Å². The fraction of sp³-hybridized carbons (Fsp3) is 0.909. The minimum Gasteiger partial charge on any atom is -0.444 e. The summed E-state index contributed by atoms with van der Waals surface area (Å²) < 4.78 is 5.25. The van der Waals surface area contributed by atoms with Crippen molar-refractivity contribution in [2.45, 2.75) is 45.8 Å². The highest BCUT2D eigenvalue weighted by Crippen LogP contribution is 2.14. The number of ether oxygens (including phenoxy) is 1. The molecule has 88 valence electrons. The van der Waals surface area contributed by atoms with Gasteiger partial charge in [-0.3, -0.25) is 0 Å². The second-order valence-electron chi connectivity index (χ2n) is 5.04. The van der Waals surface area contributed by atoms with Gasteiger partial charge in [0.25, 0.3) is 0 Å². The molecule has 1 fully saturated rings. The summed E-state index contributed by atoms with van der Waals surface area (Å²) in [6.45, 7) is 10.4. The number of carbonyl (C=O) groups is 1. The lowest BCUT2D eigenvalue weighted by molar-refractivity contribution is 0.00540. The largest absolute Gasteiger partial charge is 0.444 e. The fourth-order valence-corrected chi connectivity index (χ4v) is 1.43. The molecular formula is C11H22N2O2. The van der Waals surface area contributed by atoms with E-state index in [0.29, 0.717) is 6.04 Å². The van der Waals surface area contributed by atoms with Crippen LogP contribution in [0.15, 0.2) is 0 Å². The Kier molecular flexibility index (Phi) is 3.97. The Hall–Kier alpha value is -0.770. The number of hydrogen-bond donors (Lipinski definition) is 1. The molecule has 0 radical (unpaired) electrons. The SMILES string of the molecule is CCCNC1CN(C(=O)OC(C)(C)C)C1. The molecule has 1 heterocycles. The summed E-state index contributed by atoms with van der Waals surface area (Å²) in [6.07, 6.45) is 0.931. The van der Waals surface area contributed by atoms with Crippen molar-refractivity contribution in [3.63, 3.8) is 0 Å². The molecule has 0 aromatic rings. The second-order valence-corrected chi connectivity index (χ2v) is 5.04. The van der Waals surface area contributed by atoms with Crippen LogP contribution in [0, 0.1) is 0 Å². The fourth-order valence-electron chi connectivity index (χ4n) is 1.43. The van der Waals surface area contributed by atoms with Gasteiger partial charge in [-0.2, -0.15) is 0 Å². The first-order valence-electron chi connectivity index (χ1n) is 5.63. The van der Waals surface area contributed by atoms with E-state index >= 15 is 0 Å². The number of hydrogen-bond acceptors (Lipinski definition) is 3. The Morgan fingerprint density at radius 2 is 2.07 bits per heavy atom. The van der Waals surface area contributed by atoms with Crippen molar-refractivity contribution in [2.24, 2.45) is 0 Å². The van der Waals surface area contributed by atoms with Crippen LogP contribution < -0.4 is 5.32 Å². The first-order valence-corrected chi connectivity index (χ1v) is 5.63. The summed E-state index contributed by atoms with van der Waals surface area (Å²) in [7, 11) is 0. The lowest BCUT2D eigenvalue weighted by Crippen LogP contribution is -2.60. The van der Waals surface area contributed by atoms with Gasteiger partial charge < -0.3 is 15.0 Å². The molecule has 4 nitrogen and oxygen atoms in total. The zero-order chi connectivity index (χ0) is 11.5. The standard InChI is InChI=1S/C11H22N2O2/c1-5-6-12-9-7-13(8-9)10(14)15-11(2,3)4/h9,12H,5-8H2,1-4H3. The topological polar surface area (TPSA) is 41.6 Å². The average Bonchev–Trinajstić information content (AvgIpc) is 1.98. The Labute approximate surface area is 92.0 Å². The molecule has 1 aliphatic heterocycles. The molecule has 4 heteroatoms. The molecule has 0 spiro atoms. The third-order valence-electron chi connectivity index (χ3n) is 2.22. The predicted octanol–water partition coefficient (Wildman–Crippen LogP) is 1.61. The monoisotopic (exact) mass is 214 g/mol. The highest BCUT2D eigenvalue weighted by molar-refractivity contribution is 5.69. The van der Waals surface area contributed by atoms with E-state index in [1.54, 1.807) is 4.90 Å². The molecule has 1 amide bonds. The highest BCUT2D eigenvalue weighted by Gasteiger charge is 2.32. The van der Waals surface area contributed by atoms with Gasteiger partial charge in [-0.15, -0.1) is 0 Å². The summed E-state index contributed by atoms with van der Waals surface area (Å²) in [5, 5.41) is 3.37. The van der Waals surface area contributed by atoms with Crippen LogP contribution in [0.25, 0.3) is 0 Å². The molecule has 1 saturated heterocycles. The molecule has 0 aliphatic carbocycles. The Balaban J connectivity index is 2.18. The molecule has 1 N–H and O–H groups in total. The molecule has 0 bridgehead atoms. The van der Waals surface area contributed by atoms with Crippen LogP contribution in [0.3, 0.4) is 0 Å². The van der Waals surface area contributed by atoms with Crippen LogP contribution in [-0.2, 0) is 4.74 Å². The van der Waals surface area contributed by atoms with E-state index in [-0.39, 0.29) is 11.7 Å². The number of carbonyl (C=O) groups excluding carboxylic acids is 1. The molecule has 0 saturated carbocycles. The quantitative estimate of drug-likeness (QED) is 0.776. The Morgan fingerprint density at radius 3 is 2.53 bits per heavy atom. The zero-order valence-electron chi connectivity index (χ0n) is 10.2. The third-order valence-corrected chi connectivity index (χ3v) is 2.22. The van der Waals surface area contributed by atoms with Gasteiger partial charge >= 0.3 is 6.09 Å². The molecule has 0 aromatic carbocycles. The van der Waals surface area contributed by atoms with E-state index in [2.05, 4.69) is 12.2 Å². The first-order chi connectivity index (χ1) is 6.92. The maximum absolute atomic E-state index is 11.5. The Morgan fingerprint density at radius 1 is 1.47 bits per heavy atom. The number of amides is 1. The van der Waals surface area contributed by atoms with E-state index in [4.69, 9.17) is 4.74 Å². The maximum atomic E-state index is 11.5. The van der Waals surface area contributed by atoms with Gasteiger partial charge in [0.05, 0.1) is 0 Å². The van der Waals surface area contributed by atoms with Crippen molar-refractivity contribution in [2.75, 3.05) is 19.6 Å². The number of rotatable bonds is 3. The van der Waals surface area contributed by atoms with E-state index in [9.17, 15) is 4.79 Å². The summed E-state index contributed by atoms with van der Waals surface area (Å²) in [5.74, 6) is 0. The molecule has 0 aromatic heterocycles. The van der Waals surface area contributed by atoms with E-state index in [1.807, 2.05) is 20.8 Å². The minimum atomic E-state index is -0.390. The summed E-state index contributed by atoms with van der Waals surface area (Å²) in [6, 6.07) is 0.456. The smallest absolute Gasteiger partial charge is 0.410 e. The zero-order valence-corrected chi connectivity index (χ0v) is 10.2. The van der Waals surface area contributed by atoms with E-state index in [0.717, 1.165) is 26.1 Å². The van der Waals surface area contributed by atoms with Gasteiger partial charge in [0.2, 0.25) is 0 Å². The van der Waals surface area contributed by atoms with Crippen LogP contribution >= 0.6 is 0 Å². The van der Waals surface area contributed by atoms with Crippen molar-refractivity contribution in [3.05, 3.63) is 0 Å². The van der Waals surface area contributed by atoms with Gasteiger partial charge in [0.15, 0.2) is 0 Å². The summed E-state index contributed by atoms with van der Waals surface area (Å²) in [4.78, 5) is 13.3. The lowest BCUT2D eigenvalue weighted by atomic mass is 10.1. The van der Waals surface area contributed by atoms with Crippen molar-refractivity contribution in [1.29, 1.82) is 0 Å². The summed E-state index contributed by atoms with van der Waals surface area (Å²) >= 11 is 0. The van der Waals surface area contributed by atoms with Crippen LogP contribution in [0.2, 0.25) is 0 Å². The summed E-state index contributed by atoms with van der Waals surface area (Å²) in [5.41, 5.74) is -0.390. The number of nitrogens with one attached hydrogen (secondary N) is 1. The molecule has 0 atom stereocenters. The van der Waals surface area contributed by atoms with Crippen molar-refractivity contribution >= 4 is 6.09 Å². The molecule has 0 unspecified atom stereocenters. The lowest BCUT2D eigenvalue weighted by Gasteiger charge is -2.40. The van der Waals surface area contributed by atoms with Gasteiger partial charge in [0, 0.05) is 19.1 Å². The van der Waals surface area contributed by atoms with Crippen molar-refractivity contribution < 1.29 is 9.53 Å². The van der Waals surface area contributed by atoms with Crippen molar-refractivity contribution in [1.82, 2.24) is 10.2 Å². The molecule has 15 heavy (non-hydrogen) atoms. The van der Waals surface area contributed by atoms with Crippen LogP contribution in [0.4, 0.5) is 4.79 Å². The number of likely N-dealkylation sites (tertiary alicyclic amines) is 1. The third kappa shape index (κ3) is 4.08. The predicted molar refractivity (Wildman–Crippen MR) is 59.9 cm³/mol. The van der Waals surface area contributed by atoms with Crippen LogP contribution in [0.1, 0.15) is 34.1 Å². The normalized spacial score (nSPS) is 17.5. The highest BCUT2D eigenvalue weighted by atomic mass is 16.6. The molecule has 1 rings (SSSR count). The van der Waals surface area contributed by atoms with Crippen molar-refractivity contribution in [3.8, 4) is 0 Å².